The van der Waals surface area contributed by atoms with Crippen LogP contribution in [0.2, 0.25) is 0 Å². The Morgan fingerprint density at radius 3 is 2.50 bits per heavy atom. The summed E-state index contributed by atoms with van der Waals surface area (Å²) in [6, 6.07) is 5.74. The van der Waals surface area contributed by atoms with E-state index in [-0.39, 0.29) is 0 Å². The number of nitrogens with zero attached hydrogens (tertiary/aromatic N) is 3. The van der Waals surface area contributed by atoms with Crippen LogP contribution in [0.3, 0.4) is 0 Å². The van der Waals surface area contributed by atoms with Crippen LogP contribution in [0.25, 0.3) is 11.4 Å². The van der Waals surface area contributed by atoms with Gasteiger partial charge in [-0.3, -0.25) is 4.98 Å². The lowest BCUT2D eigenvalue weighted by Crippen LogP contribution is -2.03. The highest BCUT2D eigenvalue weighted by Crippen LogP contribution is 2.34. The van der Waals surface area contributed by atoms with Gasteiger partial charge in [0, 0.05) is 35.6 Å². The molecule has 2 aromatic heterocycles. The van der Waals surface area contributed by atoms with E-state index in [0.29, 0.717) is 17.6 Å². The highest BCUT2D eigenvalue weighted by Gasteiger charge is 2.19. The third-order valence-corrected chi connectivity index (χ3v) is 3.48. The Morgan fingerprint density at radius 2 is 1.78 bits per heavy atom. The molecule has 0 unspecified atom stereocenters. The summed E-state index contributed by atoms with van der Waals surface area (Å²) in [5, 5.41) is 0. The summed E-state index contributed by atoms with van der Waals surface area (Å²) in [4.78, 5) is 13.0. The molecule has 0 saturated heterocycles. The molecule has 0 atom stereocenters. The van der Waals surface area contributed by atoms with Crippen molar-refractivity contribution >= 4 is 5.82 Å². The predicted octanol–water partition coefficient (Wildman–Crippen LogP) is 2.78. The average Bonchev–Trinajstić information content (AvgIpc) is 2.93. The van der Waals surface area contributed by atoms with Crippen molar-refractivity contribution in [1.29, 1.82) is 0 Å². The molecule has 4 heteroatoms. The lowest BCUT2D eigenvalue weighted by Gasteiger charge is -2.10. The topological polar surface area (TPSA) is 64.7 Å². The van der Waals surface area contributed by atoms with Crippen molar-refractivity contribution in [2.24, 2.45) is 0 Å². The second kappa shape index (κ2) is 4.72. The van der Waals surface area contributed by atoms with E-state index >= 15 is 0 Å². The average molecular weight is 240 g/mol. The molecule has 2 aromatic rings. The van der Waals surface area contributed by atoms with Crippen molar-refractivity contribution in [3.63, 3.8) is 0 Å². The molecule has 1 fully saturated rings. The standard InChI is InChI=1S/C14H16N4/c15-13-9-12(10-3-1-2-4-10)17-14(18-13)11-5-7-16-8-6-11/h5-10H,1-4H2,(H2,15,17,18). The number of pyridine rings is 1. The van der Waals surface area contributed by atoms with Gasteiger partial charge in [0.2, 0.25) is 0 Å². The van der Waals surface area contributed by atoms with E-state index in [1.807, 2.05) is 18.2 Å². The lowest BCUT2D eigenvalue weighted by atomic mass is 10.0. The molecule has 2 heterocycles. The molecule has 1 aliphatic carbocycles. The molecule has 92 valence electrons. The Hall–Kier alpha value is -1.97. The van der Waals surface area contributed by atoms with Crippen LogP contribution in [0.15, 0.2) is 30.6 Å². The molecule has 1 aliphatic rings. The Bertz CT molecular complexity index is 533. The normalized spacial score (nSPS) is 16.0. The minimum Gasteiger partial charge on any atom is -0.384 e. The number of aromatic nitrogens is 3. The van der Waals surface area contributed by atoms with Crippen molar-refractivity contribution < 1.29 is 0 Å². The van der Waals surface area contributed by atoms with E-state index in [9.17, 15) is 0 Å². The highest BCUT2D eigenvalue weighted by molar-refractivity contribution is 5.56. The fourth-order valence-electron chi connectivity index (χ4n) is 2.55. The summed E-state index contributed by atoms with van der Waals surface area (Å²) in [5.41, 5.74) is 7.96. The first-order valence-electron chi connectivity index (χ1n) is 6.38. The largest absolute Gasteiger partial charge is 0.384 e. The zero-order valence-electron chi connectivity index (χ0n) is 10.2. The molecule has 18 heavy (non-hydrogen) atoms. The molecule has 0 amide bonds. The van der Waals surface area contributed by atoms with E-state index < -0.39 is 0 Å². The zero-order chi connectivity index (χ0) is 12.4. The Labute approximate surface area is 106 Å². The summed E-state index contributed by atoms with van der Waals surface area (Å²) in [7, 11) is 0. The van der Waals surface area contributed by atoms with Crippen LogP contribution in [0, 0.1) is 0 Å². The first kappa shape index (κ1) is 11.1. The maximum atomic E-state index is 5.90. The number of hydrogen-bond donors (Lipinski definition) is 1. The van der Waals surface area contributed by atoms with Gasteiger partial charge in [-0.25, -0.2) is 9.97 Å². The van der Waals surface area contributed by atoms with Gasteiger partial charge < -0.3 is 5.73 Å². The first-order chi connectivity index (χ1) is 8.83. The summed E-state index contributed by atoms with van der Waals surface area (Å²) >= 11 is 0. The van der Waals surface area contributed by atoms with Crippen molar-refractivity contribution in [2.75, 3.05) is 5.73 Å². The number of hydrogen-bond acceptors (Lipinski definition) is 4. The molecule has 1 saturated carbocycles. The van der Waals surface area contributed by atoms with Gasteiger partial charge in [-0.05, 0) is 25.0 Å². The van der Waals surface area contributed by atoms with Gasteiger partial charge in [0.1, 0.15) is 5.82 Å². The Balaban J connectivity index is 2.00. The molecular weight excluding hydrogens is 224 g/mol. The molecule has 0 radical (unpaired) electrons. The molecule has 0 bridgehead atoms. The summed E-state index contributed by atoms with van der Waals surface area (Å²) in [6.45, 7) is 0. The van der Waals surface area contributed by atoms with E-state index in [2.05, 4.69) is 15.0 Å². The van der Waals surface area contributed by atoms with Crippen molar-refractivity contribution in [3.8, 4) is 11.4 Å². The summed E-state index contributed by atoms with van der Waals surface area (Å²) in [5.74, 6) is 1.81. The van der Waals surface area contributed by atoms with Crippen molar-refractivity contribution in [3.05, 3.63) is 36.3 Å². The molecule has 0 spiro atoms. The molecular formula is C14H16N4. The number of nitrogen functional groups attached to an aromatic ring is 1. The summed E-state index contributed by atoms with van der Waals surface area (Å²) in [6.07, 6.45) is 8.51. The van der Waals surface area contributed by atoms with Crippen LogP contribution >= 0.6 is 0 Å². The predicted molar refractivity (Wildman–Crippen MR) is 70.9 cm³/mol. The van der Waals surface area contributed by atoms with Gasteiger partial charge in [-0.2, -0.15) is 0 Å². The third-order valence-electron chi connectivity index (χ3n) is 3.48. The van der Waals surface area contributed by atoms with Crippen molar-refractivity contribution in [2.45, 2.75) is 31.6 Å². The second-order valence-electron chi connectivity index (χ2n) is 4.76. The van der Waals surface area contributed by atoms with Gasteiger partial charge in [-0.1, -0.05) is 12.8 Å². The molecule has 3 rings (SSSR count). The number of anilines is 1. The van der Waals surface area contributed by atoms with Crippen molar-refractivity contribution in [1.82, 2.24) is 15.0 Å². The van der Waals surface area contributed by atoms with Gasteiger partial charge in [-0.15, -0.1) is 0 Å². The van der Waals surface area contributed by atoms with E-state index in [0.717, 1.165) is 11.3 Å². The summed E-state index contributed by atoms with van der Waals surface area (Å²) < 4.78 is 0. The smallest absolute Gasteiger partial charge is 0.161 e. The highest BCUT2D eigenvalue weighted by atomic mass is 14.9. The maximum absolute atomic E-state index is 5.90. The fourth-order valence-corrected chi connectivity index (χ4v) is 2.55. The van der Waals surface area contributed by atoms with Gasteiger partial charge in [0.15, 0.2) is 5.82 Å². The second-order valence-corrected chi connectivity index (χ2v) is 4.76. The number of nitrogens with two attached hydrogens (primary N) is 1. The van der Waals surface area contributed by atoms with Crippen LogP contribution in [0.5, 0.6) is 0 Å². The van der Waals surface area contributed by atoms with Gasteiger partial charge in [0.25, 0.3) is 0 Å². The lowest BCUT2D eigenvalue weighted by molar-refractivity contribution is 0.696. The maximum Gasteiger partial charge on any atom is 0.161 e. The van der Waals surface area contributed by atoms with E-state index in [1.165, 1.54) is 25.7 Å². The van der Waals surface area contributed by atoms with Crippen LogP contribution in [0.1, 0.15) is 37.3 Å². The van der Waals surface area contributed by atoms with Crippen LogP contribution in [-0.4, -0.2) is 15.0 Å². The molecule has 0 aromatic carbocycles. The number of rotatable bonds is 2. The quantitative estimate of drug-likeness (QED) is 0.876. The van der Waals surface area contributed by atoms with E-state index in [4.69, 9.17) is 5.73 Å². The Kier molecular flexibility index (Phi) is 2.92. The van der Waals surface area contributed by atoms with Crippen LogP contribution in [0.4, 0.5) is 5.82 Å². The first-order valence-corrected chi connectivity index (χ1v) is 6.38. The fraction of sp³-hybridized carbons (Fsp3) is 0.357. The van der Waals surface area contributed by atoms with Crippen LogP contribution < -0.4 is 5.73 Å². The third kappa shape index (κ3) is 2.18. The minimum atomic E-state index is 0.552. The SMILES string of the molecule is Nc1cc(C2CCCC2)nc(-c2ccncc2)n1. The molecule has 2 N–H and O–H groups in total. The van der Waals surface area contributed by atoms with E-state index in [1.54, 1.807) is 12.4 Å². The monoisotopic (exact) mass is 240 g/mol. The Morgan fingerprint density at radius 1 is 1.06 bits per heavy atom. The minimum absolute atomic E-state index is 0.552. The van der Waals surface area contributed by atoms with Gasteiger partial charge in [0.05, 0.1) is 0 Å². The van der Waals surface area contributed by atoms with Gasteiger partial charge >= 0.3 is 0 Å². The molecule has 4 nitrogen and oxygen atoms in total. The molecule has 0 aliphatic heterocycles. The zero-order valence-corrected chi connectivity index (χ0v) is 10.2. The van der Waals surface area contributed by atoms with Crippen LogP contribution in [-0.2, 0) is 0 Å².